The van der Waals surface area contributed by atoms with Gasteiger partial charge in [0.2, 0.25) is 0 Å². The van der Waals surface area contributed by atoms with Crippen LogP contribution in [0.25, 0.3) is 0 Å². The monoisotopic (exact) mass is 392 g/mol. The van der Waals surface area contributed by atoms with Crippen molar-refractivity contribution in [1.29, 1.82) is 0 Å². The van der Waals surface area contributed by atoms with E-state index in [1.165, 1.54) is 14.2 Å². The summed E-state index contributed by atoms with van der Waals surface area (Å²) in [5.74, 6) is -1.06. The number of aryl methyl sites for hydroxylation is 1. The Morgan fingerprint density at radius 3 is 2.27 bits per heavy atom. The fourth-order valence-corrected chi connectivity index (χ4v) is 3.77. The Kier molecular flexibility index (Phi) is 6.33. The number of benzene rings is 1. The van der Waals surface area contributed by atoms with Gasteiger partial charge >= 0.3 is 11.9 Å². The van der Waals surface area contributed by atoms with Gasteiger partial charge < -0.3 is 20.1 Å². The van der Waals surface area contributed by atoms with Gasteiger partial charge in [0.05, 0.1) is 19.8 Å². The highest BCUT2D eigenvalue weighted by molar-refractivity contribution is 7.80. The van der Waals surface area contributed by atoms with Crippen molar-refractivity contribution in [2.45, 2.75) is 20.8 Å². The standard InChI is InChI=1S/C18H20N2O4S2/c1-9-7-6-8-12(10(9)2)19-18(25)20-15-13(16(21)23-4)11(3)14(26-15)17(22)24-5/h6-8H,1-5H3,(H2,19,20,25). The van der Waals surface area contributed by atoms with E-state index >= 15 is 0 Å². The zero-order chi connectivity index (χ0) is 19.4. The number of hydrogen-bond donors (Lipinski definition) is 2. The molecule has 0 atom stereocenters. The number of ether oxygens (including phenoxy) is 2. The molecule has 2 rings (SSSR count). The minimum atomic E-state index is -0.550. The smallest absolute Gasteiger partial charge is 0.348 e. The van der Waals surface area contributed by atoms with Gasteiger partial charge in [-0.1, -0.05) is 12.1 Å². The Morgan fingerprint density at radius 2 is 1.65 bits per heavy atom. The summed E-state index contributed by atoms with van der Waals surface area (Å²) in [6.07, 6.45) is 0. The first-order valence-electron chi connectivity index (χ1n) is 7.74. The SMILES string of the molecule is COC(=O)c1sc(NC(=S)Nc2cccc(C)c2C)c(C(=O)OC)c1C. The Balaban J connectivity index is 2.32. The van der Waals surface area contributed by atoms with Gasteiger partial charge in [0.25, 0.3) is 0 Å². The molecule has 138 valence electrons. The number of carbonyl (C=O) groups excluding carboxylic acids is 2. The number of carbonyl (C=O) groups is 2. The summed E-state index contributed by atoms with van der Waals surface area (Å²) in [6, 6.07) is 5.85. The Hall–Kier alpha value is -2.45. The maximum Gasteiger partial charge on any atom is 0.348 e. The van der Waals surface area contributed by atoms with Gasteiger partial charge in [-0.15, -0.1) is 11.3 Å². The van der Waals surface area contributed by atoms with E-state index in [1.54, 1.807) is 6.92 Å². The van der Waals surface area contributed by atoms with Crippen LogP contribution in [0.3, 0.4) is 0 Å². The van der Waals surface area contributed by atoms with Crippen LogP contribution in [-0.2, 0) is 9.47 Å². The molecule has 26 heavy (non-hydrogen) atoms. The maximum absolute atomic E-state index is 12.1. The lowest BCUT2D eigenvalue weighted by Crippen LogP contribution is -2.20. The molecule has 0 saturated heterocycles. The van der Waals surface area contributed by atoms with Crippen molar-refractivity contribution < 1.29 is 19.1 Å². The fraction of sp³-hybridized carbons (Fsp3) is 0.278. The van der Waals surface area contributed by atoms with E-state index < -0.39 is 11.9 Å². The van der Waals surface area contributed by atoms with Gasteiger partial charge in [0.15, 0.2) is 5.11 Å². The van der Waals surface area contributed by atoms with Crippen molar-refractivity contribution in [3.05, 3.63) is 45.3 Å². The number of methoxy groups -OCH3 is 2. The molecule has 8 heteroatoms. The van der Waals surface area contributed by atoms with Gasteiger partial charge in [-0.25, -0.2) is 9.59 Å². The Morgan fingerprint density at radius 1 is 1.00 bits per heavy atom. The lowest BCUT2D eigenvalue weighted by atomic mass is 10.1. The summed E-state index contributed by atoms with van der Waals surface area (Å²) in [5.41, 5.74) is 3.83. The van der Waals surface area contributed by atoms with E-state index in [-0.39, 0.29) is 5.56 Å². The molecule has 2 aromatic rings. The van der Waals surface area contributed by atoms with Crippen LogP contribution in [0.2, 0.25) is 0 Å². The van der Waals surface area contributed by atoms with Crippen molar-refractivity contribution in [2.75, 3.05) is 24.9 Å². The largest absolute Gasteiger partial charge is 0.465 e. The van der Waals surface area contributed by atoms with Crippen LogP contribution in [-0.4, -0.2) is 31.3 Å². The molecule has 6 nitrogen and oxygen atoms in total. The molecule has 0 saturated carbocycles. The van der Waals surface area contributed by atoms with Crippen LogP contribution in [0, 0.1) is 20.8 Å². The minimum Gasteiger partial charge on any atom is -0.465 e. The number of esters is 2. The predicted molar refractivity (Wildman–Crippen MR) is 107 cm³/mol. The van der Waals surface area contributed by atoms with Crippen LogP contribution < -0.4 is 10.6 Å². The molecule has 0 bridgehead atoms. The summed E-state index contributed by atoms with van der Waals surface area (Å²) < 4.78 is 9.60. The predicted octanol–water partition coefficient (Wildman–Crippen LogP) is 4.06. The summed E-state index contributed by atoms with van der Waals surface area (Å²) in [4.78, 5) is 24.4. The van der Waals surface area contributed by atoms with E-state index in [1.807, 2.05) is 32.0 Å². The number of hydrogen-bond acceptors (Lipinski definition) is 6. The quantitative estimate of drug-likeness (QED) is 0.600. The molecule has 1 aromatic heterocycles. The van der Waals surface area contributed by atoms with Crippen LogP contribution in [0.4, 0.5) is 10.7 Å². The summed E-state index contributed by atoms with van der Waals surface area (Å²) >= 11 is 6.46. The highest BCUT2D eigenvalue weighted by Crippen LogP contribution is 2.34. The van der Waals surface area contributed by atoms with Crippen LogP contribution >= 0.6 is 23.6 Å². The highest BCUT2D eigenvalue weighted by Gasteiger charge is 2.26. The van der Waals surface area contributed by atoms with Gasteiger partial charge in [-0.2, -0.15) is 0 Å². The first-order valence-corrected chi connectivity index (χ1v) is 8.96. The van der Waals surface area contributed by atoms with Gasteiger partial charge in [0, 0.05) is 5.69 Å². The molecule has 0 unspecified atom stereocenters. The third-order valence-electron chi connectivity index (χ3n) is 3.99. The Labute approximate surface area is 161 Å². The number of anilines is 2. The molecule has 0 spiro atoms. The molecule has 0 radical (unpaired) electrons. The first kappa shape index (κ1) is 19.9. The van der Waals surface area contributed by atoms with E-state index in [2.05, 4.69) is 10.6 Å². The molecule has 0 amide bonds. The van der Waals surface area contributed by atoms with Gasteiger partial charge in [0.1, 0.15) is 9.88 Å². The molecule has 1 heterocycles. The van der Waals surface area contributed by atoms with Crippen LogP contribution in [0.1, 0.15) is 36.7 Å². The number of nitrogens with one attached hydrogen (secondary N) is 2. The number of rotatable bonds is 4. The average molecular weight is 393 g/mol. The zero-order valence-corrected chi connectivity index (χ0v) is 16.8. The van der Waals surface area contributed by atoms with Crippen molar-refractivity contribution in [2.24, 2.45) is 0 Å². The van der Waals surface area contributed by atoms with Crippen LogP contribution in [0.5, 0.6) is 0 Å². The van der Waals surface area contributed by atoms with E-state index in [4.69, 9.17) is 21.7 Å². The third kappa shape index (κ3) is 4.03. The summed E-state index contributed by atoms with van der Waals surface area (Å²) in [7, 11) is 2.58. The fourth-order valence-electron chi connectivity index (χ4n) is 2.38. The van der Waals surface area contributed by atoms with Gasteiger partial charge in [-0.05, 0) is 55.7 Å². The lowest BCUT2D eigenvalue weighted by Gasteiger charge is -2.13. The summed E-state index contributed by atoms with van der Waals surface area (Å²) in [5, 5.41) is 6.84. The second-order valence-electron chi connectivity index (χ2n) is 5.57. The molecule has 0 aliphatic rings. The van der Waals surface area contributed by atoms with E-state index in [0.29, 0.717) is 20.6 Å². The second-order valence-corrected chi connectivity index (χ2v) is 7.00. The van der Waals surface area contributed by atoms with Crippen molar-refractivity contribution >= 4 is 51.3 Å². The van der Waals surface area contributed by atoms with Crippen LogP contribution in [0.15, 0.2) is 18.2 Å². The molecular weight excluding hydrogens is 372 g/mol. The third-order valence-corrected chi connectivity index (χ3v) is 5.38. The van der Waals surface area contributed by atoms with E-state index in [9.17, 15) is 9.59 Å². The molecule has 1 aromatic carbocycles. The second kappa shape index (κ2) is 8.29. The minimum absolute atomic E-state index is 0.267. The topological polar surface area (TPSA) is 76.7 Å². The molecular formula is C18H20N2O4S2. The summed E-state index contributed by atoms with van der Waals surface area (Å²) in [6.45, 7) is 5.67. The molecule has 2 N–H and O–H groups in total. The molecule has 0 aliphatic carbocycles. The first-order chi connectivity index (χ1) is 12.3. The average Bonchev–Trinajstić information content (AvgIpc) is 2.93. The molecule has 0 fully saturated rings. The lowest BCUT2D eigenvalue weighted by molar-refractivity contribution is 0.0601. The maximum atomic E-state index is 12.1. The van der Waals surface area contributed by atoms with Crippen molar-refractivity contribution in [1.82, 2.24) is 0 Å². The zero-order valence-electron chi connectivity index (χ0n) is 15.2. The number of thiophene rings is 1. The Bertz CT molecular complexity index is 874. The molecule has 0 aliphatic heterocycles. The van der Waals surface area contributed by atoms with Crippen molar-refractivity contribution in [3.8, 4) is 0 Å². The van der Waals surface area contributed by atoms with E-state index in [0.717, 1.165) is 28.2 Å². The highest BCUT2D eigenvalue weighted by atomic mass is 32.1. The van der Waals surface area contributed by atoms with Gasteiger partial charge in [-0.3, -0.25) is 0 Å². The van der Waals surface area contributed by atoms with Crippen molar-refractivity contribution in [3.63, 3.8) is 0 Å². The normalized spacial score (nSPS) is 10.2. The number of thiocarbonyl (C=S) groups is 1.